The molecule has 0 atom stereocenters. The first-order valence-corrected chi connectivity index (χ1v) is 6.94. The van der Waals surface area contributed by atoms with Gasteiger partial charge in [0, 0.05) is 37.3 Å². The molecule has 0 unspecified atom stereocenters. The Kier molecular flexibility index (Phi) is 5.07. The van der Waals surface area contributed by atoms with E-state index >= 15 is 0 Å². The van der Waals surface area contributed by atoms with Crippen LogP contribution in [-0.4, -0.2) is 41.1 Å². The molecule has 1 heterocycles. The number of aromatic nitrogens is 1. The zero-order valence-electron chi connectivity index (χ0n) is 11.7. The van der Waals surface area contributed by atoms with E-state index in [1.165, 1.54) is 0 Å². The molecule has 2 aromatic rings. The molecule has 0 aliphatic rings. The first kappa shape index (κ1) is 14.5. The van der Waals surface area contributed by atoms with Gasteiger partial charge in [0.05, 0.1) is 5.52 Å². The molecule has 1 aromatic carbocycles. The summed E-state index contributed by atoms with van der Waals surface area (Å²) >= 11 is 0. The number of rotatable bonds is 6. The number of aliphatic hydroxyl groups is 1. The fourth-order valence-electron chi connectivity index (χ4n) is 2.23. The van der Waals surface area contributed by atoms with Crippen molar-refractivity contribution >= 4 is 16.8 Å². The Hall–Kier alpha value is -1.94. The van der Waals surface area contributed by atoms with E-state index in [2.05, 4.69) is 4.98 Å². The molecule has 0 bridgehead atoms. The first-order chi connectivity index (χ1) is 9.74. The normalized spacial score (nSPS) is 10.7. The molecular formula is C16H20N2O2. The van der Waals surface area contributed by atoms with Crippen LogP contribution in [0.25, 0.3) is 10.9 Å². The highest BCUT2D eigenvalue weighted by molar-refractivity contribution is 6.05. The second kappa shape index (κ2) is 7.01. The lowest BCUT2D eigenvalue weighted by molar-refractivity contribution is 0.0794. The van der Waals surface area contributed by atoms with Crippen molar-refractivity contribution in [2.45, 2.75) is 19.3 Å². The predicted molar refractivity (Wildman–Crippen MR) is 79.6 cm³/mol. The van der Waals surface area contributed by atoms with Crippen LogP contribution < -0.4 is 0 Å². The van der Waals surface area contributed by atoms with Crippen molar-refractivity contribution in [3.05, 3.63) is 42.1 Å². The number of pyridine rings is 1. The molecule has 0 radical (unpaired) electrons. The lowest BCUT2D eigenvalue weighted by atomic mass is 10.1. The number of amides is 1. The molecule has 0 fully saturated rings. The molecule has 1 aromatic heterocycles. The van der Waals surface area contributed by atoms with Gasteiger partial charge in [-0.25, -0.2) is 0 Å². The zero-order chi connectivity index (χ0) is 14.4. The molecule has 4 nitrogen and oxygen atoms in total. The maximum Gasteiger partial charge on any atom is 0.254 e. The molecule has 1 amide bonds. The minimum Gasteiger partial charge on any atom is -0.396 e. The van der Waals surface area contributed by atoms with Gasteiger partial charge in [0.1, 0.15) is 0 Å². The van der Waals surface area contributed by atoms with E-state index in [9.17, 15) is 4.79 Å². The second-order valence-electron chi connectivity index (χ2n) is 4.89. The first-order valence-electron chi connectivity index (χ1n) is 6.94. The Morgan fingerprint density at radius 3 is 2.85 bits per heavy atom. The zero-order valence-corrected chi connectivity index (χ0v) is 11.7. The summed E-state index contributed by atoms with van der Waals surface area (Å²) in [7, 11) is 1.82. The van der Waals surface area contributed by atoms with Gasteiger partial charge in [-0.05, 0) is 37.5 Å². The highest BCUT2D eigenvalue weighted by Crippen LogP contribution is 2.18. The van der Waals surface area contributed by atoms with Crippen LogP contribution in [0.5, 0.6) is 0 Å². The van der Waals surface area contributed by atoms with Gasteiger partial charge >= 0.3 is 0 Å². The number of carbonyl (C=O) groups is 1. The van der Waals surface area contributed by atoms with Gasteiger partial charge in [0.15, 0.2) is 0 Å². The Morgan fingerprint density at radius 2 is 2.05 bits per heavy atom. The van der Waals surface area contributed by atoms with Crippen LogP contribution in [0.3, 0.4) is 0 Å². The molecule has 1 N–H and O–H groups in total. The molecule has 4 heteroatoms. The molecule has 0 aliphatic heterocycles. The minimum atomic E-state index is 0.0209. The van der Waals surface area contributed by atoms with Crippen LogP contribution in [0.4, 0.5) is 0 Å². The molecule has 0 saturated heterocycles. The van der Waals surface area contributed by atoms with Gasteiger partial charge in [-0.1, -0.05) is 12.1 Å². The Labute approximate surface area is 119 Å². The van der Waals surface area contributed by atoms with E-state index in [1.807, 2.05) is 37.4 Å². The van der Waals surface area contributed by atoms with E-state index in [-0.39, 0.29) is 12.5 Å². The number of hydrogen-bond donors (Lipinski definition) is 1. The van der Waals surface area contributed by atoms with Crippen molar-refractivity contribution in [2.75, 3.05) is 20.2 Å². The number of nitrogens with zero attached hydrogens (tertiary/aromatic N) is 2. The SMILES string of the molecule is CN(CCCCCO)C(=O)c1cccc2ncccc12. The van der Waals surface area contributed by atoms with Crippen molar-refractivity contribution in [3.8, 4) is 0 Å². The fraction of sp³-hybridized carbons (Fsp3) is 0.375. The fourth-order valence-corrected chi connectivity index (χ4v) is 2.23. The highest BCUT2D eigenvalue weighted by Gasteiger charge is 2.14. The van der Waals surface area contributed by atoms with E-state index in [0.717, 1.165) is 30.2 Å². The Balaban J connectivity index is 2.10. The minimum absolute atomic E-state index is 0.0209. The summed E-state index contributed by atoms with van der Waals surface area (Å²) in [6.45, 7) is 0.919. The average molecular weight is 272 g/mol. The third kappa shape index (κ3) is 3.33. The van der Waals surface area contributed by atoms with Gasteiger partial charge in [-0.15, -0.1) is 0 Å². The number of aliphatic hydroxyl groups excluding tert-OH is 1. The van der Waals surface area contributed by atoms with Crippen LogP contribution >= 0.6 is 0 Å². The van der Waals surface area contributed by atoms with Crippen molar-refractivity contribution in [1.29, 1.82) is 0 Å². The van der Waals surface area contributed by atoms with Crippen LogP contribution in [0.15, 0.2) is 36.5 Å². The molecular weight excluding hydrogens is 252 g/mol. The Bertz CT molecular complexity index is 578. The van der Waals surface area contributed by atoms with Crippen molar-refractivity contribution in [2.24, 2.45) is 0 Å². The largest absolute Gasteiger partial charge is 0.396 e. The van der Waals surface area contributed by atoms with Crippen molar-refractivity contribution in [3.63, 3.8) is 0 Å². The lowest BCUT2D eigenvalue weighted by Crippen LogP contribution is -2.28. The summed E-state index contributed by atoms with van der Waals surface area (Å²) < 4.78 is 0. The standard InChI is InChI=1S/C16H20N2O2/c1-18(11-3-2-4-12-19)16(20)14-7-5-9-15-13(14)8-6-10-17-15/h5-10,19H,2-4,11-12H2,1H3. The van der Waals surface area contributed by atoms with Crippen molar-refractivity contribution < 1.29 is 9.90 Å². The van der Waals surface area contributed by atoms with Crippen LogP contribution in [0.2, 0.25) is 0 Å². The van der Waals surface area contributed by atoms with Crippen LogP contribution in [0.1, 0.15) is 29.6 Å². The molecule has 0 spiro atoms. The summed E-state index contributed by atoms with van der Waals surface area (Å²) in [5.74, 6) is 0.0209. The molecule has 0 saturated carbocycles. The molecule has 106 valence electrons. The maximum atomic E-state index is 12.5. The smallest absolute Gasteiger partial charge is 0.254 e. The summed E-state index contributed by atoms with van der Waals surface area (Å²) in [6, 6.07) is 9.39. The molecule has 20 heavy (non-hydrogen) atoms. The monoisotopic (exact) mass is 272 g/mol. The van der Waals surface area contributed by atoms with E-state index in [1.54, 1.807) is 11.1 Å². The number of benzene rings is 1. The topological polar surface area (TPSA) is 53.4 Å². The second-order valence-corrected chi connectivity index (χ2v) is 4.89. The summed E-state index contributed by atoms with van der Waals surface area (Å²) in [4.78, 5) is 18.5. The quantitative estimate of drug-likeness (QED) is 0.822. The van der Waals surface area contributed by atoms with E-state index in [0.29, 0.717) is 12.1 Å². The summed E-state index contributed by atoms with van der Waals surface area (Å²) in [5, 5.41) is 9.64. The van der Waals surface area contributed by atoms with E-state index < -0.39 is 0 Å². The highest BCUT2D eigenvalue weighted by atomic mass is 16.2. The third-order valence-electron chi connectivity index (χ3n) is 3.37. The molecule has 0 aliphatic carbocycles. The third-order valence-corrected chi connectivity index (χ3v) is 3.37. The summed E-state index contributed by atoms with van der Waals surface area (Å²) in [5.41, 5.74) is 1.53. The van der Waals surface area contributed by atoms with Gasteiger partial charge in [0.2, 0.25) is 0 Å². The van der Waals surface area contributed by atoms with Crippen LogP contribution in [0, 0.1) is 0 Å². The number of hydrogen-bond acceptors (Lipinski definition) is 3. The predicted octanol–water partition coefficient (Wildman–Crippen LogP) is 2.47. The van der Waals surface area contributed by atoms with Crippen LogP contribution in [-0.2, 0) is 0 Å². The number of fused-ring (bicyclic) bond motifs is 1. The van der Waals surface area contributed by atoms with Gasteiger partial charge in [-0.2, -0.15) is 0 Å². The van der Waals surface area contributed by atoms with Gasteiger partial charge in [0.25, 0.3) is 5.91 Å². The number of unbranched alkanes of at least 4 members (excludes halogenated alkanes) is 2. The van der Waals surface area contributed by atoms with E-state index in [4.69, 9.17) is 5.11 Å². The number of carbonyl (C=O) groups excluding carboxylic acids is 1. The summed E-state index contributed by atoms with van der Waals surface area (Å²) in [6.07, 6.45) is 4.37. The van der Waals surface area contributed by atoms with Gasteiger partial charge in [-0.3, -0.25) is 9.78 Å². The van der Waals surface area contributed by atoms with Gasteiger partial charge < -0.3 is 10.0 Å². The Morgan fingerprint density at radius 1 is 1.20 bits per heavy atom. The van der Waals surface area contributed by atoms with Crippen molar-refractivity contribution in [1.82, 2.24) is 9.88 Å². The maximum absolute atomic E-state index is 12.5. The lowest BCUT2D eigenvalue weighted by Gasteiger charge is -2.18. The average Bonchev–Trinajstić information content (AvgIpc) is 2.50. The molecule has 2 rings (SSSR count).